The van der Waals surface area contributed by atoms with Gasteiger partial charge in [-0.15, -0.1) is 0 Å². The van der Waals surface area contributed by atoms with E-state index < -0.39 is 0 Å². The number of fused-ring (bicyclic) bond motifs is 1. The topological polar surface area (TPSA) is 96.4 Å². The molecule has 4 rings (SSSR count). The fourth-order valence-electron chi connectivity index (χ4n) is 3.83. The van der Waals surface area contributed by atoms with E-state index in [2.05, 4.69) is 30.1 Å². The first kappa shape index (κ1) is 22.2. The Morgan fingerprint density at radius 2 is 2.09 bits per heavy atom. The molecule has 0 amide bonds. The van der Waals surface area contributed by atoms with Crippen molar-refractivity contribution in [1.29, 1.82) is 0 Å². The molecule has 1 aliphatic heterocycles. The number of carbonyl (C=O) groups is 1. The van der Waals surface area contributed by atoms with Crippen LogP contribution in [0, 0.1) is 0 Å². The highest BCUT2D eigenvalue weighted by atomic mass is 35.5. The zero-order chi connectivity index (χ0) is 22.5. The second-order valence-corrected chi connectivity index (χ2v) is 8.12. The van der Waals surface area contributed by atoms with Gasteiger partial charge in [-0.05, 0) is 38.0 Å². The number of halogens is 1. The maximum absolute atomic E-state index is 11.7. The van der Waals surface area contributed by atoms with Gasteiger partial charge in [-0.3, -0.25) is 9.69 Å². The van der Waals surface area contributed by atoms with Crippen LogP contribution >= 0.6 is 11.6 Å². The number of esters is 1. The summed E-state index contributed by atoms with van der Waals surface area (Å²) in [6, 6.07) is 7.71. The Balaban J connectivity index is 1.48. The first-order chi connectivity index (χ1) is 15.5. The van der Waals surface area contributed by atoms with Gasteiger partial charge < -0.3 is 15.0 Å². The molecule has 0 atom stereocenters. The number of ether oxygens (including phenoxy) is 1. The van der Waals surface area contributed by atoms with Crippen molar-refractivity contribution in [3.8, 4) is 0 Å². The van der Waals surface area contributed by atoms with Crippen LogP contribution in [0.1, 0.15) is 19.8 Å². The molecule has 1 aromatic carbocycles. The monoisotopic (exact) mass is 455 g/mol. The molecule has 1 saturated heterocycles. The quantitative estimate of drug-likeness (QED) is 0.538. The van der Waals surface area contributed by atoms with Crippen LogP contribution in [0.2, 0.25) is 5.02 Å². The Morgan fingerprint density at radius 3 is 2.84 bits per heavy atom. The summed E-state index contributed by atoms with van der Waals surface area (Å²) < 4.78 is 5.05. The van der Waals surface area contributed by atoms with E-state index >= 15 is 0 Å². The molecule has 0 unspecified atom stereocenters. The van der Waals surface area contributed by atoms with Gasteiger partial charge in [-0.2, -0.15) is 0 Å². The molecule has 1 N–H and O–H groups in total. The van der Waals surface area contributed by atoms with Gasteiger partial charge in [0.05, 0.1) is 19.3 Å². The number of anilines is 3. The largest absolute Gasteiger partial charge is 0.465 e. The summed E-state index contributed by atoms with van der Waals surface area (Å²) >= 11 is 6.10. The smallest absolute Gasteiger partial charge is 0.320 e. The van der Waals surface area contributed by atoms with Crippen molar-refractivity contribution in [2.75, 3.05) is 43.5 Å². The van der Waals surface area contributed by atoms with Crippen molar-refractivity contribution < 1.29 is 9.53 Å². The van der Waals surface area contributed by atoms with Crippen molar-refractivity contribution >= 4 is 46.1 Å². The van der Waals surface area contributed by atoms with E-state index in [1.165, 1.54) is 6.33 Å². The van der Waals surface area contributed by atoms with Crippen LogP contribution in [-0.4, -0.2) is 70.1 Å². The lowest BCUT2D eigenvalue weighted by molar-refractivity contribution is -0.144. The van der Waals surface area contributed by atoms with Crippen LogP contribution in [0.25, 0.3) is 11.0 Å². The zero-order valence-electron chi connectivity index (χ0n) is 18.2. The number of carbonyl (C=O) groups excluding carboxylic acids is 1. The minimum Gasteiger partial charge on any atom is -0.465 e. The minimum atomic E-state index is -0.170. The standard InChI is InChI=1S/C22H26ClN7O2/c1-3-32-19(31)13-30-9-7-17(8-10-30)29(2)22-24-12-18-20(28-22)21(26-14-25-18)27-16-6-4-5-15(23)11-16/h4-6,11-12,14,17H,3,7-10,13H2,1-2H3,(H,25,26,27). The fourth-order valence-corrected chi connectivity index (χ4v) is 4.02. The predicted octanol–water partition coefficient (Wildman–Crippen LogP) is 3.28. The van der Waals surface area contributed by atoms with E-state index in [0.717, 1.165) is 31.6 Å². The molecule has 32 heavy (non-hydrogen) atoms. The van der Waals surface area contributed by atoms with Gasteiger partial charge in [0, 0.05) is 36.9 Å². The molecule has 1 aliphatic rings. The van der Waals surface area contributed by atoms with Crippen LogP contribution in [0.4, 0.5) is 17.5 Å². The highest BCUT2D eigenvalue weighted by Gasteiger charge is 2.25. The number of rotatable bonds is 7. The van der Waals surface area contributed by atoms with Gasteiger partial charge in [0.15, 0.2) is 5.82 Å². The lowest BCUT2D eigenvalue weighted by atomic mass is 10.0. The van der Waals surface area contributed by atoms with Crippen molar-refractivity contribution in [3.63, 3.8) is 0 Å². The molecule has 9 nitrogen and oxygen atoms in total. The second kappa shape index (κ2) is 10.1. The number of likely N-dealkylation sites (tertiary alicyclic amines) is 1. The number of nitrogens with one attached hydrogen (secondary N) is 1. The Hall–Kier alpha value is -3.04. The Morgan fingerprint density at radius 1 is 1.28 bits per heavy atom. The van der Waals surface area contributed by atoms with Crippen molar-refractivity contribution in [1.82, 2.24) is 24.8 Å². The Kier molecular flexibility index (Phi) is 6.96. The second-order valence-electron chi connectivity index (χ2n) is 7.68. The number of nitrogens with zero attached hydrogens (tertiary/aromatic N) is 6. The Bertz CT molecular complexity index is 1090. The fraction of sp³-hybridized carbons (Fsp3) is 0.409. The van der Waals surface area contributed by atoms with Gasteiger partial charge in [0.2, 0.25) is 5.95 Å². The molecule has 3 heterocycles. The third kappa shape index (κ3) is 5.23. The highest BCUT2D eigenvalue weighted by Crippen LogP contribution is 2.26. The van der Waals surface area contributed by atoms with Gasteiger partial charge in [0.25, 0.3) is 0 Å². The van der Waals surface area contributed by atoms with E-state index in [4.69, 9.17) is 21.3 Å². The van der Waals surface area contributed by atoms with Gasteiger partial charge in [0.1, 0.15) is 17.4 Å². The molecule has 0 bridgehead atoms. The molecule has 0 aliphatic carbocycles. The third-order valence-electron chi connectivity index (χ3n) is 5.53. The van der Waals surface area contributed by atoms with Crippen LogP contribution < -0.4 is 10.2 Å². The molecule has 0 spiro atoms. The minimum absolute atomic E-state index is 0.170. The third-order valence-corrected chi connectivity index (χ3v) is 5.77. The summed E-state index contributed by atoms with van der Waals surface area (Å²) in [6.07, 6.45) is 5.03. The molecule has 168 valence electrons. The van der Waals surface area contributed by atoms with Crippen LogP contribution in [0.15, 0.2) is 36.8 Å². The molecular formula is C22H26ClN7O2. The van der Waals surface area contributed by atoms with E-state index in [9.17, 15) is 4.79 Å². The molecule has 10 heteroatoms. The summed E-state index contributed by atoms with van der Waals surface area (Å²) in [5.41, 5.74) is 2.12. The van der Waals surface area contributed by atoms with Crippen LogP contribution in [0.5, 0.6) is 0 Å². The normalized spacial score (nSPS) is 15.0. The van der Waals surface area contributed by atoms with Gasteiger partial charge in [-0.25, -0.2) is 19.9 Å². The first-order valence-electron chi connectivity index (χ1n) is 10.6. The average molecular weight is 456 g/mol. The van der Waals surface area contributed by atoms with Crippen molar-refractivity contribution in [3.05, 3.63) is 41.8 Å². The van der Waals surface area contributed by atoms with Gasteiger partial charge in [-0.1, -0.05) is 17.7 Å². The first-order valence-corrected chi connectivity index (χ1v) is 11.0. The number of hydrogen-bond donors (Lipinski definition) is 1. The van der Waals surface area contributed by atoms with E-state index in [1.54, 1.807) is 6.20 Å². The molecule has 2 aromatic heterocycles. The zero-order valence-corrected chi connectivity index (χ0v) is 18.9. The summed E-state index contributed by atoms with van der Waals surface area (Å²) in [5, 5.41) is 3.91. The predicted molar refractivity (Wildman–Crippen MR) is 124 cm³/mol. The molecule has 0 radical (unpaired) electrons. The van der Waals surface area contributed by atoms with E-state index in [0.29, 0.717) is 41.0 Å². The Labute approximate surface area is 191 Å². The highest BCUT2D eigenvalue weighted by molar-refractivity contribution is 6.30. The van der Waals surface area contributed by atoms with Crippen LogP contribution in [0.3, 0.4) is 0 Å². The maximum atomic E-state index is 11.7. The summed E-state index contributed by atoms with van der Waals surface area (Å²) in [6.45, 7) is 4.23. The summed E-state index contributed by atoms with van der Waals surface area (Å²) in [4.78, 5) is 33.9. The average Bonchev–Trinajstić information content (AvgIpc) is 2.79. The number of benzene rings is 1. The molecular weight excluding hydrogens is 430 g/mol. The van der Waals surface area contributed by atoms with Crippen molar-refractivity contribution in [2.24, 2.45) is 0 Å². The number of hydrogen-bond acceptors (Lipinski definition) is 9. The maximum Gasteiger partial charge on any atom is 0.320 e. The molecule has 1 fully saturated rings. The van der Waals surface area contributed by atoms with E-state index in [1.807, 2.05) is 38.2 Å². The lowest BCUT2D eigenvalue weighted by Gasteiger charge is -2.36. The number of aromatic nitrogens is 4. The molecule has 3 aromatic rings. The number of piperidine rings is 1. The summed E-state index contributed by atoms with van der Waals surface area (Å²) in [5.74, 6) is 1.04. The SMILES string of the molecule is CCOC(=O)CN1CCC(N(C)c2ncc3ncnc(Nc4cccc(Cl)c4)c3n2)CC1. The van der Waals surface area contributed by atoms with Crippen LogP contribution in [-0.2, 0) is 9.53 Å². The van der Waals surface area contributed by atoms with Gasteiger partial charge >= 0.3 is 5.97 Å². The van der Waals surface area contributed by atoms with Crippen molar-refractivity contribution in [2.45, 2.75) is 25.8 Å². The lowest BCUT2D eigenvalue weighted by Crippen LogP contribution is -2.45. The summed E-state index contributed by atoms with van der Waals surface area (Å²) in [7, 11) is 2.00. The van der Waals surface area contributed by atoms with E-state index in [-0.39, 0.29) is 12.0 Å². The molecule has 0 saturated carbocycles.